The van der Waals surface area contributed by atoms with Gasteiger partial charge in [0.1, 0.15) is 5.84 Å². The number of fused-ring (bicyclic) bond motifs is 1. The van der Waals surface area contributed by atoms with Crippen molar-refractivity contribution < 1.29 is 4.79 Å². The highest BCUT2D eigenvalue weighted by Gasteiger charge is 2.27. The van der Waals surface area contributed by atoms with Crippen molar-refractivity contribution in [2.75, 3.05) is 38.0 Å². The van der Waals surface area contributed by atoms with Crippen LogP contribution in [0.5, 0.6) is 0 Å². The van der Waals surface area contributed by atoms with Crippen LogP contribution in [0.25, 0.3) is 10.8 Å². The Bertz CT molecular complexity index is 1180. The number of likely N-dealkylation sites (tertiary alicyclic amines) is 2. The number of hydrogen-bond donors (Lipinski definition) is 2. The van der Waals surface area contributed by atoms with Crippen LogP contribution in [0.3, 0.4) is 0 Å². The molecule has 3 heterocycles. The van der Waals surface area contributed by atoms with Crippen molar-refractivity contribution in [1.29, 1.82) is 0 Å². The van der Waals surface area contributed by atoms with Crippen molar-refractivity contribution in [3.8, 4) is 0 Å². The van der Waals surface area contributed by atoms with E-state index in [1.165, 1.54) is 18.4 Å². The Hall–Kier alpha value is -3.29. The number of nitrogens with one attached hydrogen (secondary N) is 1. The normalized spacial score (nSPS) is 20.4. The third kappa shape index (κ3) is 6.28. The largest absolute Gasteiger partial charge is 0.387 e. The standard InChI is InChI=1S/C29H36N6O/c30-28(33-29(36)32-27-10-4-8-24-18-31-14-11-26(24)27)25-9-5-15-35(21-25)20-23-12-16-34(17-13-23)19-22-6-2-1-3-7-22/h1-4,6-8,10-11,14,18,23,25H,5,9,12-13,15-17,19-21H2,(H3,30,32,33,36). The molecular formula is C29H36N6O. The van der Waals surface area contributed by atoms with Gasteiger partial charge < -0.3 is 16.0 Å². The van der Waals surface area contributed by atoms with E-state index < -0.39 is 6.03 Å². The molecule has 0 spiro atoms. The van der Waals surface area contributed by atoms with Gasteiger partial charge in [-0.2, -0.15) is 4.99 Å². The average molecular weight is 485 g/mol. The number of carbonyl (C=O) groups excluding carboxylic acids is 1. The van der Waals surface area contributed by atoms with Crippen LogP contribution in [-0.2, 0) is 6.54 Å². The van der Waals surface area contributed by atoms with Crippen LogP contribution in [0.4, 0.5) is 10.5 Å². The molecule has 2 aromatic carbocycles. The first-order chi connectivity index (χ1) is 17.6. The summed E-state index contributed by atoms with van der Waals surface area (Å²) in [6.07, 6.45) is 8.05. The highest BCUT2D eigenvalue weighted by molar-refractivity contribution is 6.05. The molecule has 2 aliphatic rings. The van der Waals surface area contributed by atoms with Crippen LogP contribution < -0.4 is 11.1 Å². The summed E-state index contributed by atoms with van der Waals surface area (Å²) >= 11 is 0. The number of pyridine rings is 1. The van der Waals surface area contributed by atoms with E-state index in [1.807, 2.05) is 24.3 Å². The van der Waals surface area contributed by atoms with Gasteiger partial charge in [0.05, 0.1) is 5.69 Å². The van der Waals surface area contributed by atoms with Crippen LogP contribution in [0, 0.1) is 11.8 Å². The molecule has 2 aliphatic heterocycles. The van der Waals surface area contributed by atoms with E-state index in [4.69, 9.17) is 5.73 Å². The van der Waals surface area contributed by atoms with E-state index in [-0.39, 0.29) is 5.92 Å². The Morgan fingerprint density at radius 1 is 1.00 bits per heavy atom. The Morgan fingerprint density at radius 2 is 1.83 bits per heavy atom. The second kappa shape index (κ2) is 11.6. The Balaban J connectivity index is 1.11. The van der Waals surface area contributed by atoms with Crippen LogP contribution in [0.1, 0.15) is 31.2 Å². The lowest BCUT2D eigenvalue weighted by Gasteiger charge is -2.38. The quantitative estimate of drug-likeness (QED) is 0.390. The summed E-state index contributed by atoms with van der Waals surface area (Å²) in [6, 6.07) is 18.0. The third-order valence-electron chi connectivity index (χ3n) is 7.55. The second-order valence-corrected chi connectivity index (χ2v) is 10.2. The molecule has 1 aromatic heterocycles. The number of aromatic nitrogens is 1. The minimum Gasteiger partial charge on any atom is -0.387 e. The maximum Gasteiger partial charge on any atom is 0.347 e. The van der Waals surface area contributed by atoms with Crippen molar-refractivity contribution in [1.82, 2.24) is 14.8 Å². The van der Waals surface area contributed by atoms with Crippen molar-refractivity contribution in [3.63, 3.8) is 0 Å². The number of nitrogens with two attached hydrogens (primary N) is 1. The molecule has 7 heteroatoms. The fourth-order valence-electron chi connectivity index (χ4n) is 5.58. The highest BCUT2D eigenvalue weighted by atomic mass is 16.2. The van der Waals surface area contributed by atoms with Crippen molar-refractivity contribution >= 4 is 28.3 Å². The number of aliphatic imine (C=N–C) groups is 1. The molecule has 1 unspecified atom stereocenters. The third-order valence-corrected chi connectivity index (χ3v) is 7.55. The average Bonchev–Trinajstić information content (AvgIpc) is 2.91. The molecule has 5 rings (SSSR count). The molecule has 2 amide bonds. The van der Waals surface area contributed by atoms with E-state index in [1.54, 1.807) is 12.4 Å². The maximum atomic E-state index is 12.7. The van der Waals surface area contributed by atoms with Gasteiger partial charge in [-0.3, -0.25) is 9.88 Å². The molecule has 0 bridgehead atoms. The van der Waals surface area contributed by atoms with E-state index in [9.17, 15) is 4.79 Å². The Labute approximate surface area is 213 Å². The van der Waals surface area contributed by atoms with Crippen molar-refractivity contribution in [3.05, 3.63) is 72.6 Å². The summed E-state index contributed by atoms with van der Waals surface area (Å²) in [5, 5.41) is 4.81. The molecule has 0 saturated carbocycles. The summed E-state index contributed by atoms with van der Waals surface area (Å²) in [5.74, 6) is 1.29. The number of carbonyl (C=O) groups is 1. The summed E-state index contributed by atoms with van der Waals surface area (Å²) < 4.78 is 0. The fraction of sp³-hybridized carbons (Fsp3) is 0.414. The number of piperidine rings is 2. The summed E-state index contributed by atoms with van der Waals surface area (Å²) in [7, 11) is 0. The number of benzene rings is 2. The van der Waals surface area contributed by atoms with Gasteiger partial charge in [-0.15, -0.1) is 0 Å². The van der Waals surface area contributed by atoms with E-state index in [2.05, 4.69) is 55.4 Å². The van der Waals surface area contributed by atoms with Crippen LogP contribution >= 0.6 is 0 Å². The van der Waals surface area contributed by atoms with Crippen molar-refractivity contribution in [2.45, 2.75) is 32.2 Å². The van der Waals surface area contributed by atoms with Gasteiger partial charge in [-0.1, -0.05) is 42.5 Å². The first-order valence-electron chi connectivity index (χ1n) is 13.1. The molecular weight excluding hydrogens is 448 g/mol. The van der Waals surface area contributed by atoms with E-state index in [0.29, 0.717) is 5.84 Å². The lowest BCUT2D eigenvalue weighted by Crippen LogP contribution is -2.45. The number of amidine groups is 1. The van der Waals surface area contributed by atoms with Gasteiger partial charge in [0.15, 0.2) is 0 Å². The molecule has 0 aliphatic carbocycles. The molecule has 0 radical (unpaired) electrons. The molecule has 2 fully saturated rings. The highest BCUT2D eigenvalue weighted by Crippen LogP contribution is 2.25. The summed E-state index contributed by atoms with van der Waals surface area (Å²) in [4.78, 5) is 26.1. The number of rotatable bonds is 6. The fourth-order valence-corrected chi connectivity index (χ4v) is 5.58. The smallest absolute Gasteiger partial charge is 0.347 e. The lowest BCUT2D eigenvalue weighted by atomic mass is 9.92. The minimum atomic E-state index is -0.417. The Kier molecular flexibility index (Phi) is 7.88. The SMILES string of the molecule is N/C(=N\C(=O)Nc1cccc2cnccc12)C1CCCN(CC2CCN(Cc3ccccc3)CC2)C1. The summed E-state index contributed by atoms with van der Waals surface area (Å²) in [6.45, 7) is 6.45. The van der Waals surface area contributed by atoms with Gasteiger partial charge >= 0.3 is 6.03 Å². The van der Waals surface area contributed by atoms with Gasteiger partial charge in [0, 0.05) is 48.7 Å². The van der Waals surface area contributed by atoms with Gasteiger partial charge in [0.2, 0.25) is 0 Å². The molecule has 1 atom stereocenters. The number of hydrogen-bond acceptors (Lipinski definition) is 4. The van der Waals surface area contributed by atoms with Crippen molar-refractivity contribution in [2.24, 2.45) is 22.6 Å². The zero-order chi connectivity index (χ0) is 24.7. The van der Waals surface area contributed by atoms with Gasteiger partial charge in [-0.25, -0.2) is 4.79 Å². The predicted octanol–water partition coefficient (Wildman–Crippen LogP) is 4.75. The van der Waals surface area contributed by atoms with Crippen LogP contribution in [0.15, 0.2) is 72.0 Å². The predicted molar refractivity (Wildman–Crippen MR) is 146 cm³/mol. The Morgan fingerprint density at radius 3 is 2.67 bits per heavy atom. The van der Waals surface area contributed by atoms with Crippen LogP contribution in [0.2, 0.25) is 0 Å². The number of nitrogens with zero attached hydrogens (tertiary/aromatic N) is 4. The molecule has 3 N–H and O–H groups in total. The van der Waals surface area contributed by atoms with Crippen LogP contribution in [-0.4, -0.2) is 59.4 Å². The minimum absolute atomic E-state index is 0.124. The number of amides is 2. The topological polar surface area (TPSA) is 86.8 Å². The van der Waals surface area contributed by atoms with Gasteiger partial charge in [-0.05, 0) is 68.9 Å². The second-order valence-electron chi connectivity index (χ2n) is 10.2. The number of anilines is 1. The molecule has 188 valence electrons. The zero-order valence-corrected chi connectivity index (χ0v) is 20.9. The molecule has 36 heavy (non-hydrogen) atoms. The van der Waals surface area contributed by atoms with E-state index in [0.717, 1.165) is 74.5 Å². The summed E-state index contributed by atoms with van der Waals surface area (Å²) in [5.41, 5.74) is 8.47. The zero-order valence-electron chi connectivity index (χ0n) is 20.9. The molecule has 2 saturated heterocycles. The lowest BCUT2D eigenvalue weighted by molar-refractivity contribution is 0.120. The van der Waals surface area contributed by atoms with E-state index >= 15 is 0 Å². The number of urea groups is 1. The van der Waals surface area contributed by atoms with Gasteiger partial charge in [0.25, 0.3) is 0 Å². The molecule has 3 aromatic rings. The molecule has 7 nitrogen and oxygen atoms in total. The maximum absolute atomic E-state index is 12.7. The first-order valence-corrected chi connectivity index (χ1v) is 13.1. The monoisotopic (exact) mass is 484 g/mol. The first kappa shape index (κ1) is 24.4.